The van der Waals surface area contributed by atoms with Crippen LogP contribution in [0.2, 0.25) is 0 Å². The van der Waals surface area contributed by atoms with Gasteiger partial charge in [0, 0.05) is 42.6 Å². The first-order valence-corrected chi connectivity index (χ1v) is 12.2. The molecule has 2 aromatic heterocycles. The fraction of sp³-hybridized carbons (Fsp3) is 0.360. The Morgan fingerprint density at radius 2 is 2.17 bits per heavy atom. The molecule has 181 valence electrons. The van der Waals surface area contributed by atoms with Crippen molar-refractivity contribution in [2.75, 3.05) is 26.8 Å². The molecule has 0 saturated carbocycles. The average molecular weight is 496 g/mol. The Balaban J connectivity index is 1.13. The third-order valence-corrected chi connectivity index (χ3v) is 7.14. The maximum atomic E-state index is 14.1. The van der Waals surface area contributed by atoms with Crippen molar-refractivity contribution in [1.82, 2.24) is 14.9 Å². The number of likely N-dealkylation sites (tertiary alicyclic amines) is 1. The molecular weight excluding hydrogens is 471 g/mol. The highest BCUT2D eigenvalue weighted by atomic mass is 32.1. The summed E-state index contributed by atoms with van der Waals surface area (Å²) < 4.78 is 24.8. The standard InChI is InChI=1S/C25H24FN4O4S/c1-32-21-7-4-10-27-24(21)33-14-23(31)30-11-8-16(9-12-30)25-28-20(15-35-25)19-13-22(34-29-19)17-5-2-3-6-18(17)26/h2-4,6-7,10,15-16,22H,8-9,11-14H2,1H3. The quantitative estimate of drug-likeness (QED) is 0.490. The lowest BCUT2D eigenvalue weighted by atomic mass is 9.97. The van der Waals surface area contributed by atoms with Gasteiger partial charge in [-0.2, -0.15) is 0 Å². The van der Waals surface area contributed by atoms with Gasteiger partial charge >= 0.3 is 0 Å². The molecule has 5 rings (SSSR count). The number of aromatic nitrogens is 2. The molecule has 0 aliphatic carbocycles. The minimum absolute atomic E-state index is 0.0792. The van der Waals surface area contributed by atoms with Crippen molar-refractivity contribution in [2.45, 2.75) is 31.3 Å². The van der Waals surface area contributed by atoms with Gasteiger partial charge in [-0.15, -0.1) is 11.3 Å². The van der Waals surface area contributed by atoms with Crippen molar-refractivity contribution in [3.05, 3.63) is 70.1 Å². The van der Waals surface area contributed by atoms with Crippen LogP contribution in [0.4, 0.5) is 4.39 Å². The first kappa shape index (κ1) is 23.2. The van der Waals surface area contributed by atoms with Crippen molar-refractivity contribution >= 4 is 23.0 Å². The van der Waals surface area contributed by atoms with E-state index in [0.717, 1.165) is 23.5 Å². The largest absolute Gasteiger partial charge is 0.491 e. The van der Waals surface area contributed by atoms with E-state index >= 15 is 0 Å². The number of methoxy groups -OCH3 is 1. The molecule has 1 unspecified atom stereocenters. The van der Waals surface area contributed by atoms with E-state index in [2.05, 4.69) is 16.2 Å². The first-order chi connectivity index (χ1) is 17.1. The number of ether oxygens (including phenoxy) is 2. The molecule has 1 atom stereocenters. The highest BCUT2D eigenvalue weighted by molar-refractivity contribution is 7.10. The van der Waals surface area contributed by atoms with Gasteiger partial charge in [0.1, 0.15) is 11.5 Å². The highest BCUT2D eigenvalue weighted by Crippen LogP contribution is 2.34. The van der Waals surface area contributed by atoms with Crippen LogP contribution in [0.15, 0.2) is 47.1 Å². The number of hydrogen-bond donors (Lipinski definition) is 0. The molecule has 8 nitrogen and oxygen atoms in total. The van der Waals surface area contributed by atoms with E-state index in [1.54, 1.807) is 41.8 Å². The van der Waals surface area contributed by atoms with Crippen LogP contribution in [-0.2, 0) is 9.63 Å². The number of thiazole rings is 1. The fourth-order valence-electron chi connectivity index (χ4n) is 4.20. The average Bonchev–Trinajstić information content (AvgIpc) is 3.58. The van der Waals surface area contributed by atoms with Crippen LogP contribution in [0, 0.1) is 11.9 Å². The molecule has 35 heavy (non-hydrogen) atoms. The summed E-state index contributed by atoms with van der Waals surface area (Å²) in [6.45, 7) is 1.19. The van der Waals surface area contributed by atoms with Crippen molar-refractivity contribution < 1.29 is 23.5 Å². The number of carbonyl (C=O) groups is 1. The van der Waals surface area contributed by atoms with Gasteiger partial charge in [-0.3, -0.25) is 4.79 Å². The van der Waals surface area contributed by atoms with E-state index in [1.807, 2.05) is 10.3 Å². The number of pyridine rings is 1. The third-order valence-electron chi connectivity index (χ3n) is 6.13. The monoisotopic (exact) mass is 495 g/mol. The fourth-order valence-corrected chi connectivity index (χ4v) is 5.20. The molecule has 3 aromatic rings. The van der Waals surface area contributed by atoms with Gasteiger partial charge < -0.3 is 19.2 Å². The highest BCUT2D eigenvalue weighted by Gasteiger charge is 2.30. The van der Waals surface area contributed by atoms with E-state index in [4.69, 9.17) is 19.3 Å². The normalized spacial score (nSPS) is 18.2. The first-order valence-electron chi connectivity index (χ1n) is 11.4. The lowest BCUT2D eigenvalue weighted by Gasteiger charge is -2.31. The third kappa shape index (κ3) is 5.12. The predicted molar refractivity (Wildman–Crippen MR) is 127 cm³/mol. The molecule has 0 N–H and O–H groups in total. The maximum Gasteiger partial charge on any atom is 0.260 e. The Morgan fingerprint density at radius 1 is 1.31 bits per heavy atom. The summed E-state index contributed by atoms with van der Waals surface area (Å²) in [5.41, 5.74) is 1.85. The summed E-state index contributed by atoms with van der Waals surface area (Å²) in [5.74, 6) is 0.646. The molecule has 2 aliphatic heterocycles. The van der Waals surface area contributed by atoms with Gasteiger partial charge in [-0.25, -0.2) is 14.4 Å². The summed E-state index contributed by atoms with van der Waals surface area (Å²) in [6, 6.07) is 11.1. The van der Waals surface area contributed by atoms with Gasteiger partial charge in [-0.1, -0.05) is 17.3 Å². The number of nitrogens with zero attached hydrogens (tertiary/aromatic N) is 4. The topological polar surface area (TPSA) is 86.1 Å². The maximum absolute atomic E-state index is 14.1. The minimum Gasteiger partial charge on any atom is -0.491 e. The number of carbonyl (C=O) groups excluding carboxylic acids is 1. The Morgan fingerprint density at radius 3 is 2.97 bits per heavy atom. The van der Waals surface area contributed by atoms with Crippen LogP contribution in [0.1, 0.15) is 47.5 Å². The summed E-state index contributed by atoms with van der Waals surface area (Å²) >= 11 is 1.58. The molecule has 4 heterocycles. The SMILES string of the molecule is COc1cccnc1OCC(=O)N1CCC(c2nc(C3=NOC(c4[c]cccc4F)C3)cs2)CC1. The second-order valence-electron chi connectivity index (χ2n) is 8.29. The summed E-state index contributed by atoms with van der Waals surface area (Å²) in [7, 11) is 1.53. The van der Waals surface area contributed by atoms with Crippen LogP contribution in [0.5, 0.6) is 11.6 Å². The zero-order valence-corrected chi connectivity index (χ0v) is 20.0. The molecule has 0 bridgehead atoms. The molecule has 1 radical (unpaired) electrons. The van der Waals surface area contributed by atoms with Crippen LogP contribution in [0.25, 0.3) is 0 Å². The minimum atomic E-state index is -0.487. The zero-order valence-electron chi connectivity index (χ0n) is 19.1. The number of oxime groups is 1. The van der Waals surface area contributed by atoms with Crippen LogP contribution >= 0.6 is 11.3 Å². The summed E-state index contributed by atoms with van der Waals surface area (Å²) in [6.07, 6.45) is 3.20. The van der Waals surface area contributed by atoms with Gasteiger partial charge in [0.25, 0.3) is 11.8 Å². The zero-order chi connectivity index (χ0) is 24.2. The van der Waals surface area contributed by atoms with E-state index in [9.17, 15) is 9.18 Å². The second kappa shape index (κ2) is 10.4. The smallest absolute Gasteiger partial charge is 0.260 e. The van der Waals surface area contributed by atoms with Crippen LogP contribution in [0.3, 0.4) is 0 Å². The van der Waals surface area contributed by atoms with Gasteiger partial charge in [-0.05, 0) is 37.1 Å². The lowest BCUT2D eigenvalue weighted by molar-refractivity contribution is -0.134. The van der Waals surface area contributed by atoms with Gasteiger partial charge in [0.15, 0.2) is 18.5 Å². The van der Waals surface area contributed by atoms with E-state index in [-0.39, 0.29) is 24.2 Å². The van der Waals surface area contributed by atoms with Crippen LogP contribution in [-0.4, -0.2) is 53.3 Å². The molecule has 1 fully saturated rings. The van der Waals surface area contributed by atoms with Gasteiger partial charge in [0.05, 0.1) is 17.8 Å². The van der Waals surface area contributed by atoms with Crippen molar-refractivity contribution in [2.24, 2.45) is 5.16 Å². The number of rotatable bonds is 7. The number of hydrogen-bond acceptors (Lipinski definition) is 8. The molecule has 1 amide bonds. The number of benzene rings is 1. The molecular formula is C25H24FN4O4S. The Hall–Kier alpha value is -3.53. The molecule has 10 heteroatoms. The second-order valence-corrected chi connectivity index (χ2v) is 9.18. The lowest BCUT2D eigenvalue weighted by Crippen LogP contribution is -2.40. The van der Waals surface area contributed by atoms with E-state index in [0.29, 0.717) is 42.4 Å². The summed E-state index contributed by atoms with van der Waals surface area (Å²) in [5, 5.41) is 7.14. The molecule has 1 saturated heterocycles. The number of halogens is 1. The Kier molecular flexibility index (Phi) is 6.89. The van der Waals surface area contributed by atoms with Crippen molar-refractivity contribution in [1.29, 1.82) is 0 Å². The molecule has 2 aliphatic rings. The molecule has 1 aromatic carbocycles. The van der Waals surface area contributed by atoms with Gasteiger partial charge in [0.2, 0.25) is 0 Å². The summed E-state index contributed by atoms with van der Waals surface area (Å²) in [4.78, 5) is 28.8. The van der Waals surface area contributed by atoms with E-state index in [1.165, 1.54) is 13.2 Å². The molecule has 0 spiro atoms. The Labute approximate surface area is 206 Å². The Bertz CT molecular complexity index is 1230. The van der Waals surface area contributed by atoms with Crippen LogP contribution < -0.4 is 9.47 Å². The number of piperidine rings is 1. The predicted octanol–water partition coefficient (Wildman–Crippen LogP) is 4.14. The van der Waals surface area contributed by atoms with Crippen molar-refractivity contribution in [3.63, 3.8) is 0 Å². The van der Waals surface area contributed by atoms with E-state index < -0.39 is 6.10 Å². The number of amides is 1. The van der Waals surface area contributed by atoms with Crippen molar-refractivity contribution in [3.8, 4) is 11.6 Å².